The Bertz CT molecular complexity index is 1370. The van der Waals surface area contributed by atoms with Gasteiger partial charge in [-0.05, 0) is 60.0 Å². The average Bonchev–Trinajstić information content (AvgIpc) is 2.92. The highest BCUT2D eigenvalue weighted by Crippen LogP contribution is 2.60. The smallest absolute Gasteiger partial charge is 0.331 e. The zero-order valence-electron chi connectivity index (χ0n) is 26.6. The van der Waals surface area contributed by atoms with Crippen LogP contribution in [0.3, 0.4) is 0 Å². The van der Waals surface area contributed by atoms with Crippen LogP contribution >= 0.6 is 0 Å². The van der Waals surface area contributed by atoms with Crippen LogP contribution in [0.2, 0.25) is 0 Å². The van der Waals surface area contributed by atoms with Gasteiger partial charge in [0.15, 0.2) is 0 Å². The number of rotatable bonds is 6. The Hall–Kier alpha value is -3.72. The molecule has 4 rings (SSSR count). The second-order valence-electron chi connectivity index (χ2n) is 13.1. The van der Waals surface area contributed by atoms with Crippen molar-refractivity contribution >= 4 is 30.0 Å². The molecule has 44 heavy (non-hydrogen) atoms. The fraction of sp³-hybridized carbons (Fsp3) is 0.543. The molecule has 1 N–H and O–H groups in total. The van der Waals surface area contributed by atoms with Gasteiger partial charge in [0.1, 0.15) is 30.5 Å². The Morgan fingerprint density at radius 3 is 2.11 bits per heavy atom. The predicted molar refractivity (Wildman–Crippen MR) is 163 cm³/mol. The first-order valence-corrected chi connectivity index (χ1v) is 15.1. The quantitative estimate of drug-likeness (QED) is 0.203. The molecular weight excluding hydrogens is 564 g/mol. The Kier molecular flexibility index (Phi) is 9.59. The van der Waals surface area contributed by atoms with Gasteiger partial charge in [-0.1, -0.05) is 57.7 Å². The minimum atomic E-state index is -1.25. The molecule has 0 spiro atoms. The van der Waals surface area contributed by atoms with Gasteiger partial charge in [0.25, 0.3) is 0 Å². The Morgan fingerprint density at radius 2 is 1.52 bits per heavy atom. The van der Waals surface area contributed by atoms with Crippen molar-refractivity contribution in [2.75, 3.05) is 0 Å². The number of fused-ring (bicyclic) bond motifs is 3. The lowest BCUT2D eigenvalue weighted by molar-refractivity contribution is -0.198. The van der Waals surface area contributed by atoms with Crippen molar-refractivity contribution in [1.29, 1.82) is 0 Å². The van der Waals surface area contributed by atoms with Crippen LogP contribution < -0.4 is 0 Å². The Labute approximate surface area is 259 Å². The third-order valence-corrected chi connectivity index (χ3v) is 9.80. The van der Waals surface area contributed by atoms with E-state index in [0.717, 1.165) is 5.56 Å². The summed E-state index contributed by atoms with van der Waals surface area (Å²) in [6, 6.07) is 9.36. The second-order valence-corrected chi connectivity index (χ2v) is 13.1. The number of aliphatic hydroxyl groups excluding tert-OH is 1. The third-order valence-electron chi connectivity index (χ3n) is 9.80. The maximum absolute atomic E-state index is 13.0. The summed E-state index contributed by atoms with van der Waals surface area (Å²) in [5, 5.41) is 12.1. The summed E-state index contributed by atoms with van der Waals surface area (Å²) < 4.78 is 23.7. The number of hydrogen-bond acceptors (Lipinski definition) is 9. The molecule has 0 heterocycles. The van der Waals surface area contributed by atoms with E-state index in [-0.39, 0.29) is 0 Å². The Morgan fingerprint density at radius 1 is 0.909 bits per heavy atom. The number of ether oxygens (including phenoxy) is 4. The molecule has 9 heteroatoms. The van der Waals surface area contributed by atoms with Gasteiger partial charge in [0.2, 0.25) is 0 Å². The molecule has 3 aliphatic carbocycles. The summed E-state index contributed by atoms with van der Waals surface area (Å²) in [5.74, 6) is -3.25. The summed E-state index contributed by atoms with van der Waals surface area (Å²) in [6.07, 6.45) is -0.465. The van der Waals surface area contributed by atoms with E-state index in [4.69, 9.17) is 18.9 Å². The third kappa shape index (κ3) is 6.39. The molecule has 2 bridgehead atoms. The normalized spacial score (nSPS) is 33.0. The van der Waals surface area contributed by atoms with Gasteiger partial charge in [-0.15, -0.1) is 0 Å². The van der Waals surface area contributed by atoms with Crippen molar-refractivity contribution in [3.63, 3.8) is 0 Å². The summed E-state index contributed by atoms with van der Waals surface area (Å²) >= 11 is 0. The monoisotopic (exact) mass is 608 g/mol. The van der Waals surface area contributed by atoms with Crippen LogP contribution in [-0.4, -0.2) is 59.5 Å². The number of carbonyl (C=O) groups is 4. The minimum Gasteiger partial charge on any atom is -0.462 e. The van der Waals surface area contributed by atoms with Crippen LogP contribution in [0.5, 0.6) is 0 Å². The number of aliphatic hydroxyl groups is 1. The molecule has 3 aliphatic rings. The van der Waals surface area contributed by atoms with Gasteiger partial charge in [0.05, 0.1) is 0 Å². The van der Waals surface area contributed by atoms with Gasteiger partial charge < -0.3 is 24.1 Å². The van der Waals surface area contributed by atoms with Crippen LogP contribution in [0, 0.1) is 22.7 Å². The number of carbonyl (C=O) groups excluding carboxylic acids is 4. The average molecular weight is 609 g/mol. The van der Waals surface area contributed by atoms with Crippen LogP contribution in [0.15, 0.2) is 59.7 Å². The van der Waals surface area contributed by atoms with E-state index in [1.807, 2.05) is 58.0 Å². The van der Waals surface area contributed by atoms with E-state index in [1.165, 1.54) is 26.8 Å². The zero-order valence-corrected chi connectivity index (χ0v) is 26.6. The SMILES string of the molecule is C=C1[C@@H](OC(=O)/C=C/c2ccccc2)CC[C@@]2(C)[C@@H](OC(C)=O)[C@H](O)C3=C(C)[C@@H](OC(C)=O)C[C@@H]([C@@H](OC(C)=O)[C@H]12)C3(C)C. The van der Waals surface area contributed by atoms with Crippen molar-refractivity contribution < 1.29 is 43.2 Å². The first-order valence-electron chi connectivity index (χ1n) is 15.1. The fourth-order valence-corrected chi connectivity index (χ4v) is 7.90. The van der Waals surface area contributed by atoms with Crippen LogP contribution in [0.4, 0.5) is 0 Å². The molecule has 238 valence electrons. The number of hydrogen-bond donors (Lipinski definition) is 1. The summed E-state index contributed by atoms with van der Waals surface area (Å²) in [7, 11) is 0. The molecule has 2 saturated carbocycles. The Balaban J connectivity index is 1.83. The van der Waals surface area contributed by atoms with Crippen molar-refractivity contribution in [2.24, 2.45) is 22.7 Å². The highest BCUT2D eigenvalue weighted by Gasteiger charge is 2.63. The lowest BCUT2D eigenvalue weighted by Crippen LogP contribution is -2.63. The molecule has 0 amide bonds. The van der Waals surface area contributed by atoms with Crippen molar-refractivity contribution in [3.05, 3.63) is 65.3 Å². The molecule has 9 nitrogen and oxygen atoms in total. The largest absolute Gasteiger partial charge is 0.462 e. The molecule has 0 saturated heterocycles. The molecule has 1 aromatic rings. The molecule has 8 atom stereocenters. The van der Waals surface area contributed by atoms with E-state index >= 15 is 0 Å². The first kappa shape index (κ1) is 33.2. The van der Waals surface area contributed by atoms with Crippen molar-refractivity contribution in [3.8, 4) is 0 Å². The van der Waals surface area contributed by atoms with Crippen LogP contribution in [0.25, 0.3) is 6.08 Å². The first-order chi connectivity index (χ1) is 20.6. The highest BCUT2D eigenvalue weighted by atomic mass is 16.6. The standard InChI is InChI=1S/C35H44O9/c1-19-26(44-28(39)15-14-24-12-10-9-11-13-24)16-17-35(8)30(19)32(42-22(4)37)25-18-27(41-21(3)36)20(2)29(34(25,6)7)31(40)33(35)43-23(5)38/h9-15,25-27,30-33,40H,1,16-18H2,2-8H3/b15-14+/t25-,26-,27-,30-,31+,32+,33-,35+/m0/s1. The zero-order chi connectivity index (χ0) is 32.6. The van der Waals surface area contributed by atoms with E-state index in [9.17, 15) is 24.3 Å². The fourth-order valence-electron chi connectivity index (χ4n) is 7.90. The molecule has 2 fully saturated rings. The second kappa shape index (κ2) is 12.7. The molecule has 0 unspecified atom stereocenters. The van der Waals surface area contributed by atoms with Crippen LogP contribution in [-0.2, 0) is 38.1 Å². The topological polar surface area (TPSA) is 125 Å². The summed E-state index contributed by atoms with van der Waals surface area (Å²) in [6.45, 7) is 15.9. The van der Waals surface area contributed by atoms with E-state index in [0.29, 0.717) is 36.0 Å². The summed E-state index contributed by atoms with van der Waals surface area (Å²) in [5.41, 5.74) is 0.885. The van der Waals surface area contributed by atoms with Gasteiger partial charge in [-0.2, -0.15) is 0 Å². The maximum atomic E-state index is 13.0. The van der Waals surface area contributed by atoms with Gasteiger partial charge in [-0.25, -0.2) is 4.79 Å². The van der Waals surface area contributed by atoms with E-state index in [1.54, 1.807) is 6.08 Å². The van der Waals surface area contributed by atoms with Gasteiger partial charge >= 0.3 is 23.9 Å². The van der Waals surface area contributed by atoms with Gasteiger partial charge in [-0.3, -0.25) is 14.4 Å². The molecule has 0 aromatic heterocycles. The molecule has 0 radical (unpaired) electrons. The maximum Gasteiger partial charge on any atom is 0.331 e. The van der Waals surface area contributed by atoms with Crippen LogP contribution in [0.1, 0.15) is 73.3 Å². The van der Waals surface area contributed by atoms with E-state index in [2.05, 4.69) is 6.58 Å². The number of benzene rings is 1. The predicted octanol–water partition coefficient (Wildman–Crippen LogP) is 5.12. The van der Waals surface area contributed by atoms with Crippen molar-refractivity contribution in [1.82, 2.24) is 0 Å². The van der Waals surface area contributed by atoms with E-state index < -0.39 is 77.1 Å². The molecular formula is C35H44O9. The lowest BCUT2D eigenvalue weighted by atomic mass is 9.49. The highest BCUT2D eigenvalue weighted by molar-refractivity contribution is 5.87. The van der Waals surface area contributed by atoms with Crippen molar-refractivity contribution in [2.45, 2.75) is 98.2 Å². The molecule has 0 aliphatic heterocycles. The molecule has 1 aromatic carbocycles. The minimum absolute atomic E-state index is 0.328. The summed E-state index contributed by atoms with van der Waals surface area (Å²) in [4.78, 5) is 50.4. The lowest BCUT2D eigenvalue weighted by Gasteiger charge is -2.59. The number of esters is 4. The van der Waals surface area contributed by atoms with Gasteiger partial charge in [0, 0.05) is 44.1 Å².